The van der Waals surface area contributed by atoms with Gasteiger partial charge in [0.05, 0.1) is 12.2 Å². The van der Waals surface area contributed by atoms with E-state index in [0.29, 0.717) is 12.1 Å². The van der Waals surface area contributed by atoms with Crippen LogP contribution in [0.3, 0.4) is 0 Å². The number of hydrogen-bond acceptors (Lipinski definition) is 4. The third kappa shape index (κ3) is 3.51. The van der Waals surface area contributed by atoms with Gasteiger partial charge in [-0.2, -0.15) is 10.2 Å². The fraction of sp³-hybridized carbons (Fsp3) is 0.0526. The van der Waals surface area contributed by atoms with Gasteiger partial charge >= 0.3 is 0 Å². The Morgan fingerprint density at radius 1 is 1.00 bits per heavy atom. The molecule has 0 unspecified atom stereocenters. The number of carbonyl (C=O) groups is 1. The predicted molar refractivity (Wildman–Crippen MR) is 97.1 cm³/mol. The van der Waals surface area contributed by atoms with Crippen LogP contribution in [0.4, 0.5) is 5.69 Å². The molecule has 1 amide bonds. The molecule has 4 aromatic rings. The van der Waals surface area contributed by atoms with Crippen molar-refractivity contribution in [1.82, 2.24) is 24.5 Å². The second-order valence-corrected chi connectivity index (χ2v) is 5.74. The maximum absolute atomic E-state index is 12.4. The number of amides is 1. The van der Waals surface area contributed by atoms with Crippen LogP contribution >= 0.6 is 0 Å². The molecule has 0 aliphatic rings. The lowest BCUT2D eigenvalue weighted by Crippen LogP contribution is -2.12. The van der Waals surface area contributed by atoms with Crippen LogP contribution in [0.25, 0.3) is 5.69 Å². The van der Waals surface area contributed by atoms with Crippen molar-refractivity contribution >= 4 is 11.6 Å². The van der Waals surface area contributed by atoms with Gasteiger partial charge in [0, 0.05) is 23.6 Å². The fourth-order valence-corrected chi connectivity index (χ4v) is 2.58. The Kier molecular flexibility index (Phi) is 4.26. The minimum absolute atomic E-state index is 0.149. The highest BCUT2D eigenvalue weighted by atomic mass is 16.1. The maximum atomic E-state index is 12.4. The molecule has 0 atom stereocenters. The average molecular weight is 344 g/mol. The monoisotopic (exact) mass is 344 g/mol. The first-order valence-corrected chi connectivity index (χ1v) is 8.11. The van der Waals surface area contributed by atoms with Gasteiger partial charge in [0.25, 0.3) is 5.91 Å². The molecular formula is C19H16N6O. The molecule has 0 saturated heterocycles. The molecule has 0 saturated carbocycles. The molecule has 0 bridgehead atoms. The van der Waals surface area contributed by atoms with Crippen LogP contribution in [0.1, 0.15) is 15.9 Å². The second-order valence-electron chi connectivity index (χ2n) is 5.74. The zero-order valence-corrected chi connectivity index (χ0v) is 13.9. The van der Waals surface area contributed by atoms with Crippen molar-refractivity contribution in [2.75, 3.05) is 5.32 Å². The lowest BCUT2D eigenvalue weighted by molar-refractivity contribution is 0.102. The van der Waals surface area contributed by atoms with Gasteiger partial charge in [-0.15, -0.1) is 0 Å². The van der Waals surface area contributed by atoms with Gasteiger partial charge in [-0.05, 0) is 48.0 Å². The maximum Gasteiger partial charge on any atom is 0.255 e. The number of carbonyl (C=O) groups excluding carboxylic acids is 1. The molecule has 0 radical (unpaired) electrons. The van der Waals surface area contributed by atoms with E-state index < -0.39 is 0 Å². The van der Waals surface area contributed by atoms with Gasteiger partial charge < -0.3 is 5.32 Å². The number of anilines is 1. The fourth-order valence-electron chi connectivity index (χ4n) is 2.58. The number of aromatic nitrogens is 5. The minimum Gasteiger partial charge on any atom is -0.322 e. The summed E-state index contributed by atoms with van der Waals surface area (Å²) in [5.41, 5.74) is 3.29. The minimum atomic E-state index is -0.149. The first kappa shape index (κ1) is 15.8. The molecule has 0 fully saturated rings. The van der Waals surface area contributed by atoms with Gasteiger partial charge in [0.1, 0.15) is 12.7 Å². The summed E-state index contributed by atoms with van der Waals surface area (Å²) in [6.07, 6.45) is 6.75. The Morgan fingerprint density at radius 3 is 2.46 bits per heavy atom. The Labute approximate surface area is 149 Å². The molecule has 0 aliphatic heterocycles. The summed E-state index contributed by atoms with van der Waals surface area (Å²) < 4.78 is 3.50. The van der Waals surface area contributed by atoms with Gasteiger partial charge in [-0.25, -0.2) is 9.67 Å². The first-order chi connectivity index (χ1) is 12.8. The average Bonchev–Trinajstić information content (AvgIpc) is 3.37. The van der Waals surface area contributed by atoms with E-state index in [-0.39, 0.29) is 5.91 Å². The van der Waals surface area contributed by atoms with Crippen LogP contribution in [0.2, 0.25) is 0 Å². The van der Waals surface area contributed by atoms with E-state index in [1.807, 2.05) is 65.5 Å². The molecular weight excluding hydrogens is 328 g/mol. The third-order valence-corrected chi connectivity index (χ3v) is 3.93. The van der Waals surface area contributed by atoms with Crippen molar-refractivity contribution in [3.8, 4) is 5.69 Å². The SMILES string of the molecule is O=C(Nc1ccc(-n2cncn2)cc1)c1ccc(Cn2cccn2)cc1. The normalized spacial score (nSPS) is 10.6. The summed E-state index contributed by atoms with van der Waals surface area (Å²) in [7, 11) is 0. The van der Waals surface area contributed by atoms with Crippen molar-refractivity contribution in [3.63, 3.8) is 0 Å². The lowest BCUT2D eigenvalue weighted by Gasteiger charge is -2.08. The van der Waals surface area contributed by atoms with Crippen LogP contribution < -0.4 is 5.32 Å². The largest absolute Gasteiger partial charge is 0.322 e. The van der Waals surface area contributed by atoms with Crippen molar-refractivity contribution in [1.29, 1.82) is 0 Å². The van der Waals surface area contributed by atoms with E-state index in [0.717, 1.165) is 16.9 Å². The number of rotatable bonds is 5. The van der Waals surface area contributed by atoms with E-state index in [9.17, 15) is 4.79 Å². The summed E-state index contributed by atoms with van der Waals surface area (Å²) in [5.74, 6) is -0.149. The number of nitrogens with one attached hydrogen (secondary N) is 1. The number of benzene rings is 2. The van der Waals surface area contributed by atoms with Crippen LogP contribution in [-0.2, 0) is 6.54 Å². The van der Waals surface area contributed by atoms with Gasteiger partial charge in [-0.3, -0.25) is 9.48 Å². The standard InChI is InChI=1S/C19H16N6O/c26-19(16-4-2-15(3-5-16)12-24-11-1-10-21-24)23-17-6-8-18(9-7-17)25-14-20-13-22-25/h1-11,13-14H,12H2,(H,23,26). The third-order valence-electron chi connectivity index (χ3n) is 3.93. The first-order valence-electron chi connectivity index (χ1n) is 8.11. The molecule has 26 heavy (non-hydrogen) atoms. The van der Waals surface area contributed by atoms with Gasteiger partial charge in [-0.1, -0.05) is 12.1 Å². The summed E-state index contributed by atoms with van der Waals surface area (Å²) in [5, 5.41) is 11.1. The highest BCUT2D eigenvalue weighted by molar-refractivity contribution is 6.04. The Morgan fingerprint density at radius 2 is 1.81 bits per heavy atom. The quantitative estimate of drug-likeness (QED) is 0.604. The van der Waals surface area contributed by atoms with E-state index in [1.54, 1.807) is 17.2 Å². The van der Waals surface area contributed by atoms with Crippen molar-refractivity contribution < 1.29 is 4.79 Å². The van der Waals surface area contributed by atoms with E-state index in [2.05, 4.69) is 20.5 Å². The summed E-state index contributed by atoms with van der Waals surface area (Å²) in [6.45, 7) is 0.679. The molecule has 4 rings (SSSR count). The molecule has 128 valence electrons. The van der Waals surface area contributed by atoms with Crippen LogP contribution in [0.5, 0.6) is 0 Å². The summed E-state index contributed by atoms with van der Waals surface area (Å²) in [6, 6.07) is 16.8. The van der Waals surface area contributed by atoms with Gasteiger partial charge in [0.15, 0.2) is 0 Å². The molecule has 1 N–H and O–H groups in total. The summed E-state index contributed by atoms with van der Waals surface area (Å²) >= 11 is 0. The molecule has 2 aromatic heterocycles. The van der Waals surface area contributed by atoms with Crippen molar-refractivity contribution in [3.05, 3.63) is 90.8 Å². The molecule has 0 aliphatic carbocycles. The molecule has 7 nitrogen and oxygen atoms in total. The van der Waals surface area contributed by atoms with Crippen LogP contribution in [0.15, 0.2) is 79.6 Å². The number of nitrogens with zero attached hydrogens (tertiary/aromatic N) is 5. The van der Waals surface area contributed by atoms with Gasteiger partial charge in [0.2, 0.25) is 0 Å². The van der Waals surface area contributed by atoms with E-state index in [4.69, 9.17) is 0 Å². The topological polar surface area (TPSA) is 77.6 Å². The second kappa shape index (κ2) is 7.02. The highest BCUT2D eigenvalue weighted by Crippen LogP contribution is 2.14. The highest BCUT2D eigenvalue weighted by Gasteiger charge is 2.07. The zero-order valence-electron chi connectivity index (χ0n) is 13.9. The molecule has 2 heterocycles. The molecule has 0 spiro atoms. The molecule has 7 heteroatoms. The zero-order chi connectivity index (χ0) is 17.8. The number of hydrogen-bond donors (Lipinski definition) is 1. The smallest absolute Gasteiger partial charge is 0.255 e. The van der Waals surface area contributed by atoms with Crippen molar-refractivity contribution in [2.24, 2.45) is 0 Å². The van der Waals surface area contributed by atoms with E-state index >= 15 is 0 Å². The van der Waals surface area contributed by atoms with Crippen LogP contribution in [0, 0.1) is 0 Å². The Balaban J connectivity index is 1.41. The Bertz CT molecular complexity index is 974. The van der Waals surface area contributed by atoms with Crippen LogP contribution in [-0.4, -0.2) is 30.5 Å². The molecule has 2 aromatic carbocycles. The summed E-state index contributed by atoms with van der Waals surface area (Å²) in [4.78, 5) is 16.3. The Hall–Kier alpha value is -3.74. The lowest BCUT2D eigenvalue weighted by atomic mass is 10.1. The van der Waals surface area contributed by atoms with E-state index in [1.165, 1.54) is 6.33 Å². The van der Waals surface area contributed by atoms with Crippen molar-refractivity contribution in [2.45, 2.75) is 6.54 Å². The predicted octanol–water partition coefficient (Wildman–Crippen LogP) is 2.76.